The van der Waals surface area contributed by atoms with Crippen LogP contribution < -0.4 is 5.32 Å². The van der Waals surface area contributed by atoms with Crippen molar-refractivity contribution in [2.75, 3.05) is 5.32 Å². The van der Waals surface area contributed by atoms with Crippen LogP contribution in [-0.2, 0) is 11.2 Å². The molecule has 3 rings (SSSR count). The maximum Gasteiger partial charge on any atom is 0.228 e. The first-order chi connectivity index (χ1) is 11.0. The Labute approximate surface area is 141 Å². The molecule has 0 saturated carbocycles. The van der Waals surface area contributed by atoms with Gasteiger partial charge >= 0.3 is 0 Å². The van der Waals surface area contributed by atoms with Crippen molar-refractivity contribution in [3.8, 4) is 9.88 Å². The first-order valence-corrected chi connectivity index (χ1v) is 8.79. The minimum Gasteiger partial charge on any atom is -0.325 e. The summed E-state index contributed by atoms with van der Waals surface area (Å²) in [6, 6.07) is 8.25. The van der Waals surface area contributed by atoms with Crippen LogP contribution in [0.4, 0.5) is 10.1 Å². The van der Waals surface area contributed by atoms with E-state index < -0.39 is 0 Å². The summed E-state index contributed by atoms with van der Waals surface area (Å²) in [6.07, 6.45) is 0.0215. The number of nitrogens with one attached hydrogen (secondary N) is 1. The molecule has 1 aromatic carbocycles. The Hall–Kier alpha value is -2.05. The van der Waals surface area contributed by atoms with Gasteiger partial charge in [0.25, 0.3) is 0 Å². The van der Waals surface area contributed by atoms with Gasteiger partial charge in [0, 0.05) is 16.0 Å². The zero-order chi connectivity index (χ0) is 16.4. The number of rotatable bonds is 4. The molecule has 0 bridgehead atoms. The van der Waals surface area contributed by atoms with E-state index in [1.165, 1.54) is 6.07 Å². The number of nitrogens with zero attached hydrogens (tertiary/aromatic N) is 1. The number of thiophene rings is 1. The van der Waals surface area contributed by atoms with Crippen molar-refractivity contribution in [2.45, 2.75) is 20.3 Å². The first-order valence-electron chi connectivity index (χ1n) is 7.09. The summed E-state index contributed by atoms with van der Waals surface area (Å²) in [5, 5.41) is 5.81. The smallest absolute Gasteiger partial charge is 0.228 e. The van der Waals surface area contributed by atoms with Gasteiger partial charge in [-0.3, -0.25) is 4.79 Å². The van der Waals surface area contributed by atoms with Crippen molar-refractivity contribution in [1.29, 1.82) is 0 Å². The van der Waals surface area contributed by atoms with Gasteiger partial charge in [0.1, 0.15) is 10.8 Å². The van der Waals surface area contributed by atoms with Gasteiger partial charge < -0.3 is 5.32 Å². The van der Waals surface area contributed by atoms with Gasteiger partial charge in [-0.15, -0.1) is 22.7 Å². The van der Waals surface area contributed by atoms with Crippen LogP contribution in [0.1, 0.15) is 16.1 Å². The molecule has 0 spiro atoms. The maximum absolute atomic E-state index is 13.6. The average molecular weight is 346 g/mol. The van der Waals surface area contributed by atoms with Crippen molar-refractivity contribution in [3.05, 3.63) is 57.7 Å². The van der Waals surface area contributed by atoms with E-state index in [1.54, 1.807) is 40.9 Å². The summed E-state index contributed by atoms with van der Waals surface area (Å²) < 4.78 is 13.6. The molecule has 6 heteroatoms. The third kappa shape index (κ3) is 3.65. The SMILES string of the molecule is Cc1csc(-c2cc(NC(=O)Cc3ccccc3F)c(C)s2)n1. The monoisotopic (exact) mass is 346 g/mol. The minimum atomic E-state index is -0.358. The number of aromatic nitrogens is 1. The first kappa shape index (κ1) is 15.8. The molecule has 0 fully saturated rings. The molecular formula is C17H15FN2OS2. The van der Waals surface area contributed by atoms with Crippen molar-refractivity contribution in [1.82, 2.24) is 4.98 Å². The van der Waals surface area contributed by atoms with Gasteiger partial charge in [0.15, 0.2) is 0 Å². The third-order valence-corrected chi connectivity index (χ3v) is 5.51. The summed E-state index contributed by atoms with van der Waals surface area (Å²) in [5.41, 5.74) is 2.15. The fourth-order valence-corrected chi connectivity index (χ4v) is 4.02. The average Bonchev–Trinajstić information content (AvgIpc) is 3.08. The number of amides is 1. The van der Waals surface area contributed by atoms with Crippen molar-refractivity contribution in [2.24, 2.45) is 0 Å². The second-order valence-corrected chi connectivity index (χ2v) is 7.31. The fraction of sp³-hybridized carbons (Fsp3) is 0.176. The Morgan fingerprint density at radius 3 is 2.78 bits per heavy atom. The lowest BCUT2D eigenvalue weighted by Crippen LogP contribution is -2.15. The molecule has 3 aromatic rings. The number of carbonyl (C=O) groups is 1. The van der Waals surface area contributed by atoms with E-state index in [4.69, 9.17) is 0 Å². The predicted molar refractivity (Wildman–Crippen MR) is 93.6 cm³/mol. The Bertz CT molecular complexity index is 854. The number of aryl methyl sites for hydroxylation is 2. The molecule has 118 valence electrons. The maximum atomic E-state index is 13.6. The van der Waals surface area contributed by atoms with E-state index in [0.717, 1.165) is 26.1 Å². The topological polar surface area (TPSA) is 42.0 Å². The van der Waals surface area contributed by atoms with Crippen LogP contribution in [0, 0.1) is 19.7 Å². The van der Waals surface area contributed by atoms with Gasteiger partial charge in [-0.25, -0.2) is 9.37 Å². The standard InChI is InChI=1S/C17H15FN2OS2/c1-10-9-22-17(19-10)15-8-14(11(2)23-15)20-16(21)7-12-5-3-4-6-13(12)18/h3-6,8-9H,7H2,1-2H3,(H,20,21). The normalized spacial score (nSPS) is 10.7. The molecular weight excluding hydrogens is 331 g/mol. The second-order valence-electron chi connectivity index (χ2n) is 5.19. The third-order valence-electron chi connectivity index (χ3n) is 3.33. The predicted octanol–water partition coefficient (Wildman–Crippen LogP) is 4.81. The van der Waals surface area contributed by atoms with Gasteiger partial charge in [-0.2, -0.15) is 0 Å². The Morgan fingerprint density at radius 1 is 1.30 bits per heavy atom. The van der Waals surface area contributed by atoms with Crippen LogP contribution in [0.2, 0.25) is 0 Å². The quantitative estimate of drug-likeness (QED) is 0.737. The zero-order valence-electron chi connectivity index (χ0n) is 12.7. The highest BCUT2D eigenvalue weighted by Gasteiger charge is 2.13. The molecule has 3 nitrogen and oxygen atoms in total. The second kappa shape index (κ2) is 6.60. The summed E-state index contributed by atoms with van der Waals surface area (Å²) in [6.45, 7) is 3.91. The van der Waals surface area contributed by atoms with Crippen LogP contribution in [0.5, 0.6) is 0 Å². The molecule has 1 N–H and O–H groups in total. The Balaban J connectivity index is 1.74. The van der Waals surface area contributed by atoms with E-state index in [-0.39, 0.29) is 18.1 Å². The van der Waals surface area contributed by atoms with Gasteiger partial charge in [-0.05, 0) is 31.5 Å². The van der Waals surface area contributed by atoms with Crippen molar-refractivity contribution < 1.29 is 9.18 Å². The van der Waals surface area contributed by atoms with E-state index in [9.17, 15) is 9.18 Å². The number of anilines is 1. The number of benzene rings is 1. The van der Waals surface area contributed by atoms with E-state index in [0.29, 0.717) is 5.56 Å². The van der Waals surface area contributed by atoms with Crippen LogP contribution in [0.3, 0.4) is 0 Å². The highest BCUT2D eigenvalue weighted by atomic mass is 32.1. The molecule has 2 aromatic heterocycles. The Morgan fingerprint density at radius 2 is 2.09 bits per heavy atom. The number of halogens is 1. The summed E-state index contributed by atoms with van der Waals surface area (Å²) in [7, 11) is 0. The zero-order valence-corrected chi connectivity index (χ0v) is 14.4. The summed E-state index contributed by atoms with van der Waals surface area (Å²) >= 11 is 3.18. The van der Waals surface area contributed by atoms with Crippen LogP contribution >= 0.6 is 22.7 Å². The Kier molecular flexibility index (Phi) is 4.54. The molecule has 2 heterocycles. The molecule has 0 unspecified atom stereocenters. The lowest BCUT2D eigenvalue weighted by Gasteiger charge is -2.05. The van der Waals surface area contributed by atoms with Crippen molar-refractivity contribution >= 4 is 34.3 Å². The molecule has 23 heavy (non-hydrogen) atoms. The fourth-order valence-electron chi connectivity index (χ4n) is 2.19. The van der Waals surface area contributed by atoms with E-state index in [2.05, 4.69) is 10.3 Å². The van der Waals surface area contributed by atoms with Crippen LogP contribution in [0.15, 0.2) is 35.7 Å². The molecule has 0 aliphatic rings. The minimum absolute atomic E-state index is 0.0215. The number of hydrogen-bond acceptors (Lipinski definition) is 4. The van der Waals surface area contributed by atoms with Crippen LogP contribution in [-0.4, -0.2) is 10.9 Å². The van der Waals surface area contributed by atoms with E-state index in [1.807, 2.05) is 25.3 Å². The molecule has 0 saturated heterocycles. The molecule has 0 atom stereocenters. The van der Waals surface area contributed by atoms with Gasteiger partial charge in [0.2, 0.25) is 5.91 Å². The largest absolute Gasteiger partial charge is 0.325 e. The lowest BCUT2D eigenvalue weighted by atomic mass is 10.1. The van der Waals surface area contributed by atoms with Gasteiger partial charge in [-0.1, -0.05) is 18.2 Å². The lowest BCUT2D eigenvalue weighted by molar-refractivity contribution is -0.115. The number of carbonyl (C=O) groups excluding carboxylic acids is 1. The molecule has 1 amide bonds. The molecule has 0 aliphatic heterocycles. The highest BCUT2D eigenvalue weighted by Crippen LogP contribution is 2.35. The van der Waals surface area contributed by atoms with Crippen LogP contribution in [0.25, 0.3) is 9.88 Å². The van der Waals surface area contributed by atoms with Gasteiger partial charge in [0.05, 0.1) is 17.0 Å². The summed E-state index contributed by atoms with van der Waals surface area (Å²) in [5.74, 6) is -0.582. The van der Waals surface area contributed by atoms with E-state index >= 15 is 0 Å². The summed E-state index contributed by atoms with van der Waals surface area (Å²) in [4.78, 5) is 18.6. The number of hydrogen-bond donors (Lipinski definition) is 1. The highest BCUT2D eigenvalue weighted by molar-refractivity contribution is 7.21. The molecule has 0 radical (unpaired) electrons. The van der Waals surface area contributed by atoms with Crippen molar-refractivity contribution in [3.63, 3.8) is 0 Å². The molecule has 0 aliphatic carbocycles. The number of thiazole rings is 1.